The van der Waals surface area contributed by atoms with Gasteiger partial charge >= 0.3 is 0 Å². The first-order valence-corrected chi connectivity index (χ1v) is 5.73. The molecule has 1 aliphatic rings. The summed E-state index contributed by atoms with van der Waals surface area (Å²) in [5.74, 6) is -0.0807. The van der Waals surface area contributed by atoms with Gasteiger partial charge in [0.1, 0.15) is 6.10 Å². The zero-order chi connectivity index (χ0) is 11.5. The highest BCUT2D eigenvalue weighted by Gasteiger charge is 2.23. The molecule has 4 heteroatoms. The van der Waals surface area contributed by atoms with Gasteiger partial charge in [0, 0.05) is 17.3 Å². The molecule has 16 heavy (non-hydrogen) atoms. The van der Waals surface area contributed by atoms with Crippen LogP contribution in [0, 0.1) is 6.92 Å². The smallest absolute Gasteiger partial charge is 0.253 e. The minimum Gasteiger partial charge on any atom is -0.368 e. The third-order valence-electron chi connectivity index (χ3n) is 2.68. The Morgan fingerprint density at radius 2 is 2.38 bits per heavy atom. The van der Waals surface area contributed by atoms with Crippen LogP contribution >= 0.6 is 11.6 Å². The third-order valence-corrected chi connectivity index (χ3v) is 2.91. The Labute approximate surface area is 99.7 Å². The Balaban J connectivity index is 2.07. The first kappa shape index (κ1) is 11.4. The molecule has 1 amide bonds. The van der Waals surface area contributed by atoms with E-state index in [0.29, 0.717) is 11.6 Å². The summed E-state index contributed by atoms with van der Waals surface area (Å²) in [7, 11) is 0. The van der Waals surface area contributed by atoms with Crippen LogP contribution < -0.4 is 5.32 Å². The predicted molar refractivity (Wildman–Crippen MR) is 63.8 cm³/mol. The van der Waals surface area contributed by atoms with E-state index in [0.717, 1.165) is 24.1 Å². The Hall–Kier alpha value is -1.06. The number of hydrogen-bond acceptors (Lipinski definition) is 2. The number of rotatable bonds is 2. The van der Waals surface area contributed by atoms with Crippen molar-refractivity contribution >= 4 is 23.2 Å². The second kappa shape index (κ2) is 4.85. The van der Waals surface area contributed by atoms with Crippen LogP contribution in [-0.2, 0) is 9.53 Å². The van der Waals surface area contributed by atoms with Crippen LogP contribution in [0.1, 0.15) is 18.4 Å². The third kappa shape index (κ3) is 2.54. The van der Waals surface area contributed by atoms with Crippen molar-refractivity contribution in [3.05, 3.63) is 28.8 Å². The Bertz CT molecular complexity index is 400. The zero-order valence-electron chi connectivity index (χ0n) is 9.13. The lowest BCUT2D eigenvalue weighted by atomic mass is 10.2. The molecule has 1 heterocycles. The largest absolute Gasteiger partial charge is 0.368 e. The Morgan fingerprint density at radius 3 is 3.06 bits per heavy atom. The van der Waals surface area contributed by atoms with E-state index in [2.05, 4.69) is 5.32 Å². The van der Waals surface area contributed by atoms with Crippen LogP contribution in [0.5, 0.6) is 0 Å². The lowest BCUT2D eigenvalue weighted by Gasteiger charge is -2.12. The van der Waals surface area contributed by atoms with Gasteiger partial charge in [-0.2, -0.15) is 0 Å². The van der Waals surface area contributed by atoms with Crippen molar-refractivity contribution in [2.45, 2.75) is 25.9 Å². The first-order valence-electron chi connectivity index (χ1n) is 5.35. The summed E-state index contributed by atoms with van der Waals surface area (Å²) < 4.78 is 5.31. The number of nitrogens with one attached hydrogen (secondary N) is 1. The molecular formula is C12H14ClNO2. The second-order valence-corrected chi connectivity index (χ2v) is 4.39. The number of carbonyl (C=O) groups excluding carboxylic acids is 1. The van der Waals surface area contributed by atoms with Crippen LogP contribution in [0.25, 0.3) is 0 Å². The minimum atomic E-state index is -0.307. The fourth-order valence-electron chi connectivity index (χ4n) is 1.73. The Kier molecular flexibility index (Phi) is 3.46. The fraction of sp³-hybridized carbons (Fsp3) is 0.417. The van der Waals surface area contributed by atoms with E-state index in [4.69, 9.17) is 16.3 Å². The van der Waals surface area contributed by atoms with E-state index >= 15 is 0 Å². The van der Waals surface area contributed by atoms with Gasteiger partial charge in [-0.15, -0.1) is 0 Å². The van der Waals surface area contributed by atoms with E-state index < -0.39 is 0 Å². The molecule has 1 aromatic carbocycles. The molecule has 1 N–H and O–H groups in total. The molecule has 0 aliphatic carbocycles. The first-order chi connectivity index (χ1) is 7.66. The van der Waals surface area contributed by atoms with E-state index in [-0.39, 0.29) is 12.0 Å². The van der Waals surface area contributed by atoms with Crippen molar-refractivity contribution in [1.82, 2.24) is 0 Å². The van der Waals surface area contributed by atoms with Crippen LogP contribution in [0.3, 0.4) is 0 Å². The molecule has 1 unspecified atom stereocenters. The summed E-state index contributed by atoms with van der Waals surface area (Å²) in [6.45, 7) is 2.61. The average molecular weight is 240 g/mol. The summed E-state index contributed by atoms with van der Waals surface area (Å²) in [4.78, 5) is 11.8. The topological polar surface area (TPSA) is 38.3 Å². The quantitative estimate of drug-likeness (QED) is 0.862. The number of halogens is 1. The molecule has 0 aromatic heterocycles. The number of carbonyl (C=O) groups is 1. The van der Waals surface area contributed by atoms with Gasteiger partial charge in [0.2, 0.25) is 0 Å². The van der Waals surface area contributed by atoms with Gasteiger partial charge < -0.3 is 10.1 Å². The van der Waals surface area contributed by atoms with Gasteiger partial charge in [-0.3, -0.25) is 4.79 Å². The molecule has 1 fully saturated rings. The fourth-order valence-corrected chi connectivity index (χ4v) is 1.90. The lowest BCUT2D eigenvalue weighted by Crippen LogP contribution is -2.27. The van der Waals surface area contributed by atoms with Crippen molar-refractivity contribution in [1.29, 1.82) is 0 Å². The summed E-state index contributed by atoms with van der Waals surface area (Å²) in [6.07, 6.45) is 1.44. The highest BCUT2D eigenvalue weighted by molar-refractivity contribution is 6.31. The number of amides is 1. The van der Waals surface area contributed by atoms with Crippen molar-refractivity contribution in [2.75, 3.05) is 11.9 Å². The molecule has 0 radical (unpaired) electrons. The van der Waals surface area contributed by atoms with Crippen molar-refractivity contribution in [2.24, 2.45) is 0 Å². The molecule has 1 aromatic rings. The van der Waals surface area contributed by atoms with Gasteiger partial charge in [0.15, 0.2) is 0 Å². The maximum absolute atomic E-state index is 11.8. The average Bonchev–Trinajstić information content (AvgIpc) is 2.76. The van der Waals surface area contributed by atoms with E-state index in [1.54, 1.807) is 12.1 Å². The zero-order valence-corrected chi connectivity index (χ0v) is 9.88. The van der Waals surface area contributed by atoms with Gasteiger partial charge in [-0.05, 0) is 37.5 Å². The number of hydrogen-bond donors (Lipinski definition) is 1. The maximum Gasteiger partial charge on any atom is 0.253 e. The van der Waals surface area contributed by atoms with Gasteiger partial charge in [-0.1, -0.05) is 17.7 Å². The maximum atomic E-state index is 11.8. The highest BCUT2D eigenvalue weighted by atomic mass is 35.5. The van der Waals surface area contributed by atoms with Crippen molar-refractivity contribution in [3.8, 4) is 0 Å². The number of ether oxygens (including phenoxy) is 1. The predicted octanol–water partition coefficient (Wildman–Crippen LogP) is 2.77. The minimum absolute atomic E-state index is 0.0807. The van der Waals surface area contributed by atoms with Crippen molar-refractivity contribution in [3.63, 3.8) is 0 Å². The monoisotopic (exact) mass is 239 g/mol. The highest BCUT2D eigenvalue weighted by Crippen LogP contribution is 2.21. The van der Waals surface area contributed by atoms with Crippen LogP contribution in [-0.4, -0.2) is 18.6 Å². The molecule has 0 saturated carbocycles. The summed E-state index contributed by atoms with van der Waals surface area (Å²) in [5.41, 5.74) is 1.75. The molecule has 86 valence electrons. The van der Waals surface area contributed by atoms with Gasteiger partial charge in [-0.25, -0.2) is 0 Å². The lowest BCUT2D eigenvalue weighted by molar-refractivity contribution is -0.124. The molecule has 1 saturated heterocycles. The summed E-state index contributed by atoms with van der Waals surface area (Å²) in [6, 6.07) is 5.44. The number of anilines is 1. The molecule has 0 spiro atoms. The van der Waals surface area contributed by atoms with Crippen LogP contribution in [0.15, 0.2) is 18.2 Å². The standard InChI is InChI=1S/C12H14ClNO2/c1-8-4-5-9(13)7-10(8)14-12(15)11-3-2-6-16-11/h4-5,7,11H,2-3,6H2,1H3,(H,14,15). The summed E-state index contributed by atoms with van der Waals surface area (Å²) in [5, 5.41) is 3.46. The SMILES string of the molecule is Cc1ccc(Cl)cc1NC(=O)C1CCCO1. The molecule has 3 nitrogen and oxygen atoms in total. The van der Waals surface area contributed by atoms with Gasteiger partial charge in [0.25, 0.3) is 5.91 Å². The van der Waals surface area contributed by atoms with E-state index in [9.17, 15) is 4.79 Å². The van der Waals surface area contributed by atoms with Crippen LogP contribution in [0.4, 0.5) is 5.69 Å². The number of benzene rings is 1. The molecule has 1 aliphatic heterocycles. The van der Waals surface area contributed by atoms with E-state index in [1.807, 2.05) is 13.0 Å². The number of aryl methyl sites for hydroxylation is 1. The molecule has 2 rings (SSSR count). The molecule has 1 atom stereocenters. The molecular weight excluding hydrogens is 226 g/mol. The Morgan fingerprint density at radius 1 is 1.56 bits per heavy atom. The normalized spacial score (nSPS) is 19.8. The second-order valence-electron chi connectivity index (χ2n) is 3.95. The van der Waals surface area contributed by atoms with E-state index in [1.165, 1.54) is 0 Å². The summed E-state index contributed by atoms with van der Waals surface area (Å²) >= 11 is 5.88. The van der Waals surface area contributed by atoms with Crippen molar-refractivity contribution < 1.29 is 9.53 Å². The molecule has 0 bridgehead atoms. The van der Waals surface area contributed by atoms with Gasteiger partial charge in [0.05, 0.1) is 0 Å². The van der Waals surface area contributed by atoms with Crippen LogP contribution in [0.2, 0.25) is 5.02 Å².